The van der Waals surface area contributed by atoms with Crippen LogP contribution in [0.5, 0.6) is 5.75 Å². The van der Waals surface area contributed by atoms with E-state index in [1.807, 2.05) is 54.6 Å². The van der Waals surface area contributed by atoms with Crippen molar-refractivity contribution in [1.82, 2.24) is 4.98 Å². The molecule has 3 rings (SSSR count). The highest BCUT2D eigenvalue weighted by Crippen LogP contribution is 2.17. The van der Waals surface area contributed by atoms with E-state index in [1.54, 1.807) is 18.3 Å². The second kappa shape index (κ2) is 7.88. The Kier molecular flexibility index (Phi) is 5.16. The van der Waals surface area contributed by atoms with E-state index in [0.29, 0.717) is 6.61 Å². The van der Waals surface area contributed by atoms with Crippen LogP contribution in [0.1, 0.15) is 16.8 Å². The lowest BCUT2D eigenvalue weighted by molar-refractivity contribution is -0.384. The van der Waals surface area contributed by atoms with Gasteiger partial charge in [0, 0.05) is 18.3 Å². The monoisotopic (exact) mass is 332 g/mol. The first kappa shape index (κ1) is 16.4. The number of non-ortho nitro benzene ring substituents is 1. The molecule has 0 saturated carbocycles. The van der Waals surface area contributed by atoms with Crippen molar-refractivity contribution in [3.8, 4) is 5.75 Å². The molecule has 0 unspecified atom stereocenters. The summed E-state index contributed by atoms with van der Waals surface area (Å²) in [6, 6.07) is 19.8. The molecule has 0 N–H and O–H groups in total. The maximum Gasteiger partial charge on any atom is 0.269 e. The molecule has 124 valence electrons. The van der Waals surface area contributed by atoms with E-state index >= 15 is 0 Å². The van der Waals surface area contributed by atoms with Crippen LogP contribution in [0, 0.1) is 10.1 Å². The van der Waals surface area contributed by atoms with Crippen LogP contribution >= 0.6 is 0 Å². The van der Waals surface area contributed by atoms with Crippen LogP contribution in [-0.2, 0) is 6.61 Å². The fraction of sp³-hybridized carbons (Fsp3) is 0.0500. The van der Waals surface area contributed by atoms with E-state index in [9.17, 15) is 10.1 Å². The van der Waals surface area contributed by atoms with Crippen molar-refractivity contribution < 1.29 is 9.66 Å². The average molecular weight is 332 g/mol. The van der Waals surface area contributed by atoms with Gasteiger partial charge in [0.1, 0.15) is 12.4 Å². The van der Waals surface area contributed by atoms with Gasteiger partial charge in [-0.3, -0.25) is 15.1 Å². The molecular formula is C20H16N2O3. The number of aromatic nitrogens is 1. The molecule has 0 saturated heterocycles. The van der Waals surface area contributed by atoms with Crippen LogP contribution < -0.4 is 4.74 Å². The van der Waals surface area contributed by atoms with Crippen molar-refractivity contribution >= 4 is 17.8 Å². The fourth-order valence-corrected chi connectivity index (χ4v) is 2.21. The SMILES string of the molecule is O=[N+]([O-])c1ccc(COc2ccc(/C=C\c3ccccn3)cc2)cc1. The molecule has 0 aliphatic heterocycles. The van der Waals surface area contributed by atoms with Gasteiger partial charge in [-0.1, -0.05) is 24.3 Å². The predicted octanol–water partition coefficient (Wildman–Crippen LogP) is 4.74. The van der Waals surface area contributed by atoms with Crippen LogP contribution in [0.4, 0.5) is 5.69 Å². The Balaban J connectivity index is 1.57. The van der Waals surface area contributed by atoms with Crippen molar-refractivity contribution in [2.45, 2.75) is 6.61 Å². The molecular weight excluding hydrogens is 316 g/mol. The summed E-state index contributed by atoms with van der Waals surface area (Å²) in [5, 5.41) is 10.6. The molecule has 1 aromatic heterocycles. The number of hydrogen-bond donors (Lipinski definition) is 0. The maximum absolute atomic E-state index is 10.6. The highest BCUT2D eigenvalue weighted by Gasteiger charge is 2.04. The molecule has 0 spiro atoms. The van der Waals surface area contributed by atoms with E-state index in [4.69, 9.17) is 4.74 Å². The molecule has 0 radical (unpaired) electrons. The molecule has 0 bridgehead atoms. The molecule has 5 nitrogen and oxygen atoms in total. The smallest absolute Gasteiger partial charge is 0.269 e. The topological polar surface area (TPSA) is 65.3 Å². The lowest BCUT2D eigenvalue weighted by Crippen LogP contribution is -1.96. The van der Waals surface area contributed by atoms with E-state index in [2.05, 4.69) is 4.98 Å². The highest BCUT2D eigenvalue weighted by molar-refractivity contribution is 5.68. The molecule has 0 aliphatic rings. The predicted molar refractivity (Wildman–Crippen MR) is 97.0 cm³/mol. The van der Waals surface area contributed by atoms with Crippen LogP contribution in [-0.4, -0.2) is 9.91 Å². The van der Waals surface area contributed by atoms with Gasteiger partial charge in [-0.15, -0.1) is 0 Å². The van der Waals surface area contributed by atoms with Crippen molar-refractivity contribution in [3.05, 3.63) is 99.9 Å². The first-order valence-electron chi connectivity index (χ1n) is 7.76. The third-order valence-electron chi connectivity index (χ3n) is 3.57. The number of rotatable bonds is 6. The minimum Gasteiger partial charge on any atom is -0.489 e. The van der Waals surface area contributed by atoms with Crippen LogP contribution in [0.2, 0.25) is 0 Å². The lowest BCUT2D eigenvalue weighted by Gasteiger charge is -2.06. The zero-order valence-corrected chi connectivity index (χ0v) is 13.4. The standard InChI is InChI=1S/C20H16N2O3/c23-22(24)19-10-5-17(6-11-19)15-25-20-12-7-16(8-13-20)4-9-18-3-1-2-14-21-18/h1-14H,15H2/b9-4-. The van der Waals surface area contributed by atoms with Gasteiger partial charge in [-0.05, 0) is 53.6 Å². The van der Waals surface area contributed by atoms with E-state index in [1.165, 1.54) is 12.1 Å². The van der Waals surface area contributed by atoms with Crippen LogP contribution in [0.15, 0.2) is 72.9 Å². The van der Waals surface area contributed by atoms with Gasteiger partial charge in [-0.25, -0.2) is 0 Å². The molecule has 5 heteroatoms. The van der Waals surface area contributed by atoms with Crippen molar-refractivity contribution in [2.75, 3.05) is 0 Å². The first-order valence-corrected chi connectivity index (χ1v) is 7.76. The van der Waals surface area contributed by atoms with Gasteiger partial charge in [0.15, 0.2) is 0 Å². The summed E-state index contributed by atoms with van der Waals surface area (Å²) in [5.41, 5.74) is 2.91. The Labute approximate surface area is 145 Å². The maximum atomic E-state index is 10.6. The van der Waals surface area contributed by atoms with Crippen molar-refractivity contribution in [1.29, 1.82) is 0 Å². The van der Waals surface area contributed by atoms with Crippen LogP contribution in [0.3, 0.4) is 0 Å². The van der Waals surface area contributed by atoms with Gasteiger partial charge >= 0.3 is 0 Å². The zero-order valence-electron chi connectivity index (χ0n) is 13.4. The third kappa shape index (κ3) is 4.75. The highest BCUT2D eigenvalue weighted by atomic mass is 16.6. The minimum absolute atomic E-state index is 0.0767. The Bertz CT molecular complexity index is 858. The quantitative estimate of drug-likeness (QED) is 0.483. The summed E-state index contributed by atoms with van der Waals surface area (Å²) in [5.74, 6) is 0.744. The Hall–Kier alpha value is -3.47. The molecule has 0 atom stereocenters. The number of benzene rings is 2. The second-order valence-electron chi connectivity index (χ2n) is 5.37. The minimum atomic E-state index is -0.415. The number of nitrogens with zero attached hydrogens (tertiary/aromatic N) is 2. The van der Waals surface area contributed by atoms with Gasteiger partial charge in [0.2, 0.25) is 0 Å². The molecule has 0 amide bonds. The molecule has 25 heavy (non-hydrogen) atoms. The number of hydrogen-bond acceptors (Lipinski definition) is 4. The lowest BCUT2D eigenvalue weighted by atomic mass is 10.2. The zero-order chi connectivity index (χ0) is 17.5. The third-order valence-corrected chi connectivity index (χ3v) is 3.57. The summed E-state index contributed by atoms with van der Waals surface area (Å²) in [6.45, 7) is 0.362. The average Bonchev–Trinajstić information content (AvgIpc) is 2.67. The molecule has 0 aliphatic carbocycles. The number of nitro benzene ring substituents is 1. The van der Waals surface area contributed by atoms with E-state index in [0.717, 1.165) is 22.6 Å². The molecule has 0 fully saturated rings. The fourth-order valence-electron chi connectivity index (χ4n) is 2.21. The molecule has 1 heterocycles. The Morgan fingerprint density at radius 3 is 2.36 bits per heavy atom. The van der Waals surface area contributed by atoms with Gasteiger partial charge in [-0.2, -0.15) is 0 Å². The van der Waals surface area contributed by atoms with E-state index < -0.39 is 4.92 Å². The van der Waals surface area contributed by atoms with Crippen molar-refractivity contribution in [2.24, 2.45) is 0 Å². The number of ether oxygens (including phenoxy) is 1. The van der Waals surface area contributed by atoms with Crippen molar-refractivity contribution in [3.63, 3.8) is 0 Å². The summed E-state index contributed by atoms with van der Waals surface area (Å²) < 4.78 is 5.70. The summed E-state index contributed by atoms with van der Waals surface area (Å²) in [4.78, 5) is 14.5. The van der Waals surface area contributed by atoms with Crippen LogP contribution in [0.25, 0.3) is 12.2 Å². The Morgan fingerprint density at radius 1 is 0.960 bits per heavy atom. The van der Waals surface area contributed by atoms with Gasteiger partial charge in [0.25, 0.3) is 5.69 Å². The summed E-state index contributed by atoms with van der Waals surface area (Å²) in [6.07, 6.45) is 5.70. The molecule has 3 aromatic rings. The van der Waals surface area contributed by atoms with Gasteiger partial charge < -0.3 is 4.74 Å². The first-order chi connectivity index (χ1) is 12.2. The summed E-state index contributed by atoms with van der Waals surface area (Å²) in [7, 11) is 0. The van der Waals surface area contributed by atoms with Gasteiger partial charge in [0.05, 0.1) is 10.6 Å². The molecule has 2 aromatic carbocycles. The normalized spacial score (nSPS) is 10.7. The summed E-state index contributed by atoms with van der Waals surface area (Å²) >= 11 is 0. The number of nitro groups is 1. The largest absolute Gasteiger partial charge is 0.489 e. The Morgan fingerprint density at radius 2 is 1.72 bits per heavy atom. The van der Waals surface area contributed by atoms with E-state index in [-0.39, 0.29) is 5.69 Å². The number of pyridine rings is 1. The second-order valence-corrected chi connectivity index (χ2v) is 5.37.